The summed E-state index contributed by atoms with van der Waals surface area (Å²) in [5.74, 6) is -1.64. The van der Waals surface area contributed by atoms with E-state index in [4.69, 9.17) is 9.47 Å². The smallest absolute Gasteiger partial charge is 0.249 e. The number of ether oxygens (including phenoxy) is 2. The third-order valence-corrected chi connectivity index (χ3v) is 6.54. The zero-order chi connectivity index (χ0) is 21.3. The first-order chi connectivity index (χ1) is 14.3. The molecular weight excluding hydrogens is 412 g/mol. The van der Waals surface area contributed by atoms with Gasteiger partial charge in [-0.05, 0) is 31.5 Å². The fourth-order valence-electron chi connectivity index (χ4n) is 4.09. The lowest BCUT2D eigenvalue weighted by atomic mass is 9.97. The number of nitrogens with zero attached hydrogens (tertiary/aromatic N) is 2. The number of benzene rings is 1. The Morgan fingerprint density at radius 1 is 1.33 bits per heavy atom. The number of carbonyl (C=O) groups excluding carboxylic acids is 1. The molecule has 6 nitrogen and oxygen atoms in total. The van der Waals surface area contributed by atoms with Gasteiger partial charge in [0.25, 0.3) is 0 Å². The molecule has 2 aliphatic rings. The first kappa shape index (κ1) is 21.3. The largest absolute Gasteiger partial charge is 0.370 e. The van der Waals surface area contributed by atoms with Crippen molar-refractivity contribution in [2.24, 2.45) is 0 Å². The van der Waals surface area contributed by atoms with Crippen LogP contribution in [-0.2, 0) is 27.4 Å². The Morgan fingerprint density at radius 2 is 2.10 bits per heavy atom. The number of hydrogen-bond acceptors (Lipinski definition) is 6. The fraction of sp³-hybridized carbons (Fsp3) is 0.524. The fourth-order valence-corrected chi connectivity index (χ4v) is 5.06. The zero-order valence-corrected chi connectivity index (χ0v) is 17.9. The van der Waals surface area contributed by atoms with Crippen molar-refractivity contribution in [3.63, 3.8) is 0 Å². The van der Waals surface area contributed by atoms with E-state index >= 15 is 0 Å². The summed E-state index contributed by atoms with van der Waals surface area (Å²) < 4.78 is 38.4. The molecule has 2 aliphatic heterocycles. The first-order valence-corrected chi connectivity index (χ1v) is 10.8. The number of aryl methyl sites for hydroxylation is 2. The number of carbonyl (C=O) groups is 1. The van der Waals surface area contributed by atoms with Crippen LogP contribution in [0.25, 0.3) is 0 Å². The minimum atomic E-state index is -0.669. The maximum Gasteiger partial charge on any atom is 0.249 e. The zero-order valence-electron chi connectivity index (χ0n) is 17.0. The van der Waals surface area contributed by atoms with Gasteiger partial charge in [0.1, 0.15) is 23.3 Å². The van der Waals surface area contributed by atoms with Gasteiger partial charge < -0.3 is 14.8 Å². The van der Waals surface area contributed by atoms with E-state index in [1.165, 1.54) is 17.0 Å². The molecule has 1 aromatic heterocycles. The summed E-state index contributed by atoms with van der Waals surface area (Å²) in [6.45, 7) is 7.31. The second-order valence-corrected chi connectivity index (χ2v) is 9.27. The van der Waals surface area contributed by atoms with Gasteiger partial charge in [0.15, 0.2) is 0 Å². The number of amides is 1. The second kappa shape index (κ2) is 8.66. The van der Waals surface area contributed by atoms with Crippen LogP contribution in [0.1, 0.15) is 27.6 Å². The van der Waals surface area contributed by atoms with E-state index in [2.05, 4.69) is 15.2 Å². The maximum absolute atomic E-state index is 13.3. The number of hydrogen-bond donors (Lipinski definition) is 1. The summed E-state index contributed by atoms with van der Waals surface area (Å²) in [6, 6.07) is 3.20. The SMILES string of the molecule is Cc1nc(C)c(CN2CCO[C@@]3(CO[C@H](C(=O)NCc4cc(F)cc(F)c4)C3)C2)s1. The number of aromatic nitrogens is 1. The molecule has 4 rings (SSSR count). The molecule has 2 aromatic rings. The highest BCUT2D eigenvalue weighted by molar-refractivity contribution is 7.11. The summed E-state index contributed by atoms with van der Waals surface area (Å²) in [5, 5.41) is 3.77. The highest BCUT2D eigenvalue weighted by Crippen LogP contribution is 2.33. The van der Waals surface area contributed by atoms with Crippen molar-refractivity contribution in [2.75, 3.05) is 26.3 Å². The van der Waals surface area contributed by atoms with Crippen molar-refractivity contribution >= 4 is 17.2 Å². The summed E-state index contributed by atoms with van der Waals surface area (Å²) in [4.78, 5) is 20.6. The van der Waals surface area contributed by atoms with E-state index in [-0.39, 0.29) is 12.5 Å². The van der Waals surface area contributed by atoms with Gasteiger partial charge in [-0.2, -0.15) is 0 Å². The van der Waals surface area contributed by atoms with Crippen molar-refractivity contribution in [1.29, 1.82) is 0 Å². The van der Waals surface area contributed by atoms with Gasteiger partial charge in [0, 0.05) is 43.5 Å². The molecule has 1 aromatic carbocycles. The summed E-state index contributed by atoms with van der Waals surface area (Å²) in [5.41, 5.74) is 0.911. The van der Waals surface area contributed by atoms with E-state index in [1.807, 2.05) is 13.8 Å². The molecule has 0 radical (unpaired) electrons. The van der Waals surface area contributed by atoms with Crippen LogP contribution in [0.5, 0.6) is 0 Å². The lowest BCUT2D eigenvalue weighted by Gasteiger charge is -2.39. The van der Waals surface area contributed by atoms with E-state index in [0.29, 0.717) is 31.7 Å². The monoisotopic (exact) mass is 437 g/mol. The first-order valence-electron chi connectivity index (χ1n) is 9.95. The molecule has 0 unspecified atom stereocenters. The highest BCUT2D eigenvalue weighted by Gasteiger charge is 2.46. The number of nitrogens with one attached hydrogen (secondary N) is 1. The summed E-state index contributed by atoms with van der Waals surface area (Å²) in [6.07, 6.45) is -0.191. The molecule has 30 heavy (non-hydrogen) atoms. The van der Waals surface area contributed by atoms with E-state index in [9.17, 15) is 13.6 Å². The van der Waals surface area contributed by atoms with Crippen LogP contribution in [0.3, 0.4) is 0 Å². The Kier molecular flexibility index (Phi) is 6.15. The summed E-state index contributed by atoms with van der Waals surface area (Å²) in [7, 11) is 0. The van der Waals surface area contributed by atoms with Gasteiger partial charge in [0.2, 0.25) is 5.91 Å². The number of thiazole rings is 1. The molecule has 162 valence electrons. The molecule has 0 saturated carbocycles. The predicted molar refractivity (Wildman–Crippen MR) is 108 cm³/mol. The van der Waals surface area contributed by atoms with Crippen molar-refractivity contribution in [3.05, 3.63) is 51.0 Å². The molecule has 1 spiro atoms. The van der Waals surface area contributed by atoms with Crippen LogP contribution in [0, 0.1) is 25.5 Å². The number of halogens is 2. The minimum Gasteiger partial charge on any atom is -0.370 e. The van der Waals surface area contributed by atoms with Gasteiger partial charge in [-0.25, -0.2) is 13.8 Å². The van der Waals surface area contributed by atoms with Gasteiger partial charge in [-0.3, -0.25) is 9.69 Å². The quantitative estimate of drug-likeness (QED) is 0.779. The van der Waals surface area contributed by atoms with Crippen LogP contribution in [0.15, 0.2) is 18.2 Å². The van der Waals surface area contributed by atoms with Crippen LogP contribution in [0.2, 0.25) is 0 Å². The normalized spacial score (nSPS) is 24.5. The maximum atomic E-state index is 13.3. The molecule has 0 bridgehead atoms. The average Bonchev–Trinajstić information content (AvgIpc) is 3.22. The summed E-state index contributed by atoms with van der Waals surface area (Å²) >= 11 is 1.71. The molecular formula is C21H25F2N3O3S. The Bertz CT molecular complexity index is 918. The van der Waals surface area contributed by atoms with E-state index in [1.54, 1.807) is 11.3 Å². The topological polar surface area (TPSA) is 63.7 Å². The molecule has 1 N–H and O–H groups in total. The molecule has 2 fully saturated rings. The molecule has 9 heteroatoms. The molecule has 2 saturated heterocycles. The van der Waals surface area contributed by atoms with Crippen LogP contribution < -0.4 is 5.32 Å². The van der Waals surface area contributed by atoms with Gasteiger partial charge in [-0.15, -0.1) is 11.3 Å². The van der Waals surface area contributed by atoms with Crippen molar-refractivity contribution in [2.45, 2.75) is 45.1 Å². The Balaban J connectivity index is 1.33. The third kappa shape index (κ3) is 4.85. The molecule has 1 amide bonds. The van der Waals surface area contributed by atoms with Crippen LogP contribution in [0.4, 0.5) is 8.78 Å². The Labute approximate surface area is 178 Å². The van der Waals surface area contributed by atoms with E-state index < -0.39 is 23.3 Å². The molecule has 2 atom stereocenters. The van der Waals surface area contributed by atoms with Crippen molar-refractivity contribution < 1.29 is 23.0 Å². The predicted octanol–water partition coefficient (Wildman–Crippen LogP) is 2.71. The Hall–Kier alpha value is -1.94. The number of rotatable bonds is 5. The van der Waals surface area contributed by atoms with Crippen LogP contribution in [-0.4, -0.2) is 53.8 Å². The average molecular weight is 438 g/mol. The van der Waals surface area contributed by atoms with E-state index in [0.717, 1.165) is 29.9 Å². The minimum absolute atomic E-state index is 0.0390. The van der Waals surface area contributed by atoms with Crippen LogP contribution >= 0.6 is 11.3 Å². The lowest BCUT2D eigenvalue weighted by Crippen LogP contribution is -2.52. The van der Waals surface area contributed by atoms with Crippen molar-refractivity contribution in [3.8, 4) is 0 Å². The molecule has 3 heterocycles. The highest BCUT2D eigenvalue weighted by atomic mass is 32.1. The van der Waals surface area contributed by atoms with Gasteiger partial charge >= 0.3 is 0 Å². The van der Waals surface area contributed by atoms with Crippen molar-refractivity contribution in [1.82, 2.24) is 15.2 Å². The second-order valence-electron chi connectivity index (χ2n) is 7.98. The molecule has 0 aliphatic carbocycles. The lowest BCUT2D eigenvalue weighted by molar-refractivity contribution is -0.130. The van der Waals surface area contributed by atoms with Gasteiger partial charge in [0.05, 0.1) is 23.9 Å². The van der Waals surface area contributed by atoms with Gasteiger partial charge in [-0.1, -0.05) is 0 Å². The Morgan fingerprint density at radius 3 is 2.80 bits per heavy atom. The standard InChI is InChI=1S/C21H25F2N3O3S/c1-13-19(30-14(2)25-13)10-26-3-4-29-21(11-26)8-18(28-12-21)20(27)24-9-15-5-16(22)7-17(23)6-15/h5-7,18H,3-4,8-12H2,1-2H3,(H,24,27)/t18-,21+/m0/s1. The third-order valence-electron chi connectivity index (χ3n) is 5.48. The number of morpholine rings is 1.